The summed E-state index contributed by atoms with van der Waals surface area (Å²) in [5.74, 6) is -1.000. The van der Waals surface area contributed by atoms with Crippen LogP contribution in [0, 0.1) is 5.92 Å². The zero-order valence-corrected chi connectivity index (χ0v) is 10.2. The third-order valence-electron chi connectivity index (χ3n) is 3.06. The van der Waals surface area contributed by atoms with Crippen LogP contribution in [0.5, 0.6) is 0 Å². The molecular weight excluding hydrogens is 232 g/mol. The van der Waals surface area contributed by atoms with Crippen molar-refractivity contribution in [1.82, 2.24) is 5.32 Å². The second-order valence-corrected chi connectivity index (χ2v) is 4.34. The Hall–Kier alpha value is -2.17. The second-order valence-electron chi connectivity index (χ2n) is 4.34. The third kappa shape index (κ3) is 2.11. The highest BCUT2D eigenvalue weighted by molar-refractivity contribution is 6.22. The molecule has 1 aliphatic rings. The molecule has 1 aliphatic heterocycles. The van der Waals surface area contributed by atoms with Crippen molar-refractivity contribution in [1.29, 1.82) is 0 Å². The lowest BCUT2D eigenvalue weighted by molar-refractivity contribution is -0.119. The van der Waals surface area contributed by atoms with E-state index in [9.17, 15) is 14.4 Å². The summed E-state index contributed by atoms with van der Waals surface area (Å²) in [6, 6.07) is 4.69. The number of imide groups is 1. The van der Waals surface area contributed by atoms with Gasteiger partial charge in [0.15, 0.2) is 0 Å². The quantitative estimate of drug-likeness (QED) is 0.794. The highest BCUT2D eigenvalue weighted by Crippen LogP contribution is 2.20. The first kappa shape index (κ1) is 12.3. The Morgan fingerprint density at radius 3 is 2.61 bits per heavy atom. The summed E-state index contributed by atoms with van der Waals surface area (Å²) in [5.41, 5.74) is 1.19. The molecule has 18 heavy (non-hydrogen) atoms. The zero-order chi connectivity index (χ0) is 13.3. The number of amides is 3. The molecule has 0 radical (unpaired) electrons. The lowest BCUT2D eigenvalue weighted by Gasteiger charge is -2.10. The van der Waals surface area contributed by atoms with Crippen molar-refractivity contribution in [2.45, 2.75) is 20.3 Å². The second kappa shape index (κ2) is 4.60. The fourth-order valence-corrected chi connectivity index (χ4v) is 1.70. The first-order valence-corrected chi connectivity index (χ1v) is 5.83. The van der Waals surface area contributed by atoms with Gasteiger partial charge in [0.05, 0.1) is 11.1 Å². The fourth-order valence-electron chi connectivity index (χ4n) is 1.70. The Bertz CT molecular complexity index is 537. The van der Waals surface area contributed by atoms with Crippen molar-refractivity contribution in [2.24, 2.45) is 5.92 Å². The third-order valence-corrected chi connectivity index (χ3v) is 3.06. The van der Waals surface area contributed by atoms with E-state index in [0.717, 1.165) is 6.42 Å². The minimum absolute atomic E-state index is 0.0892. The summed E-state index contributed by atoms with van der Waals surface area (Å²) in [5, 5.41) is 4.93. The lowest BCUT2D eigenvalue weighted by Crippen LogP contribution is -2.20. The monoisotopic (exact) mass is 246 g/mol. The molecule has 0 bridgehead atoms. The minimum Gasteiger partial charge on any atom is -0.326 e. The smallest absolute Gasteiger partial charge is 0.259 e. The van der Waals surface area contributed by atoms with E-state index < -0.39 is 11.8 Å². The van der Waals surface area contributed by atoms with E-state index in [2.05, 4.69) is 10.6 Å². The number of anilines is 1. The van der Waals surface area contributed by atoms with Crippen LogP contribution in [0.1, 0.15) is 41.0 Å². The Kier molecular flexibility index (Phi) is 3.14. The summed E-state index contributed by atoms with van der Waals surface area (Å²) in [6.45, 7) is 3.76. The van der Waals surface area contributed by atoms with E-state index in [-0.39, 0.29) is 11.8 Å². The molecule has 0 aromatic heterocycles. The summed E-state index contributed by atoms with van der Waals surface area (Å²) in [6.07, 6.45) is 0.746. The van der Waals surface area contributed by atoms with E-state index in [1.165, 1.54) is 6.07 Å². The molecule has 5 heteroatoms. The average molecular weight is 246 g/mol. The van der Waals surface area contributed by atoms with Crippen molar-refractivity contribution in [2.75, 3.05) is 5.32 Å². The predicted octanol–water partition coefficient (Wildman–Crippen LogP) is 1.55. The summed E-state index contributed by atoms with van der Waals surface area (Å²) in [7, 11) is 0. The van der Waals surface area contributed by atoms with Gasteiger partial charge in [-0.05, 0) is 24.6 Å². The van der Waals surface area contributed by atoms with Crippen LogP contribution in [-0.2, 0) is 4.79 Å². The van der Waals surface area contributed by atoms with Crippen molar-refractivity contribution >= 4 is 23.4 Å². The molecule has 0 spiro atoms. The maximum Gasteiger partial charge on any atom is 0.259 e. The Morgan fingerprint density at radius 1 is 1.28 bits per heavy atom. The van der Waals surface area contributed by atoms with Crippen molar-refractivity contribution < 1.29 is 14.4 Å². The van der Waals surface area contributed by atoms with Crippen LogP contribution in [0.25, 0.3) is 0 Å². The molecule has 94 valence electrons. The summed E-state index contributed by atoms with van der Waals surface area (Å²) in [4.78, 5) is 34.5. The number of rotatable bonds is 3. The molecule has 1 aromatic rings. The van der Waals surface area contributed by atoms with Crippen LogP contribution in [0.3, 0.4) is 0 Å². The summed E-state index contributed by atoms with van der Waals surface area (Å²) >= 11 is 0. The van der Waals surface area contributed by atoms with Crippen LogP contribution in [0.2, 0.25) is 0 Å². The van der Waals surface area contributed by atoms with E-state index in [0.29, 0.717) is 16.8 Å². The van der Waals surface area contributed by atoms with E-state index in [1.54, 1.807) is 12.1 Å². The number of nitrogens with one attached hydrogen (secondary N) is 2. The SMILES string of the molecule is CC[C@@H](C)C(=O)Nc1ccc2c(c1)C(=O)NC2=O. The van der Waals surface area contributed by atoms with Gasteiger partial charge in [0.2, 0.25) is 5.91 Å². The van der Waals surface area contributed by atoms with E-state index in [1.807, 2.05) is 13.8 Å². The molecule has 0 fully saturated rings. The fraction of sp³-hybridized carbons (Fsp3) is 0.308. The number of hydrogen-bond acceptors (Lipinski definition) is 3. The van der Waals surface area contributed by atoms with Crippen molar-refractivity contribution in [3.63, 3.8) is 0 Å². The first-order chi connectivity index (χ1) is 8.52. The van der Waals surface area contributed by atoms with Gasteiger partial charge in [-0.3, -0.25) is 19.7 Å². The molecule has 0 aliphatic carbocycles. The highest BCUT2D eigenvalue weighted by atomic mass is 16.2. The molecule has 0 saturated carbocycles. The molecule has 1 atom stereocenters. The highest BCUT2D eigenvalue weighted by Gasteiger charge is 2.26. The van der Waals surface area contributed by atoms with Crippen LogP contribution in [0.15, 0.2) is 18.2 Å². The molecule has 2 rings (SSSR count). The molecule has 1 heterocycles. The molecular formula is C13H14N2O3. The standard InChI is InChI=1S/C13H14N2O3/c1-3-7(2)11(16)14-8-4-5-9-10(6-8)13(18)15-12(9)17/h4-7H,3H2,1-2H3,(H,14,16)(H,15,17,18)/t7-/m1/s1. The number of carbonyl (C=O) groups excluding carboxylic acids is 3. The van der Waals surface area contributed by atoms with E-state index >= 15 is 0 Å². The van der Waals surface area contributed by atoms with Gasteiger partial charge in [-0.25, -0.2) is 0 Å². The Morgan fingerprint density at radius 2 is 1.94 bits per heavy atom. The minimum atomic E-state index is -0.422. The van der Waals surface area contributed by atoms with Crippen LogP contribution in [0.4, 0.5) is 5.69 Å². The molecule has 1 aromatic carbocycles. The average Bonchev–Trinajstić information content (AvgIpc) is 2.63. The lowest BCUT2D eigenvalue weighted by atomic mass is 10.1. The number of carbonyl (C=O) groups is 3. The van der Waals surface area contributed by atoms with Crippen molar-refractivity contribution in [3.05, 3.63) is 29.3 Å². The van der Waals surface area contributed by atoms with Gasteiger partial charge in [-0.1, -0.05) is 13.8 Å². The molecule has 5 nitrogen and oxygen atoms in total. The van der Waals surface area contributed by atoms with Gasteiger partial charge in [-0.2, -0.15) is 0 Å². The maximum atomic E-state index is 11.7. The van der Waals surface area contributed by atoms with Crippen molar-refractivity contribution in [3.8, 4) is 0 Å². The van der Waals surface area contributed by atoms with Gasteiger partial charge >= 0.3 is 0 Å². The topological polar surface area (TPSA) is 75.3 Å². The molecule has 3 amide bonds. The Balaban J connectivity index is 2.23. The molecule has 0 saturated heterocycles. The number of benzene rings is 1. The largest absolute Gasteiger partial charge is 0.326 e. The number of hydrogen-bond donors (Lipinski definition) is 2. The molecule has 2 N–H and O–H groups in total. The van der Waals surface area contributed by atoms with Crippen LogP contribution < -0.4 is 10.6 Å². The predicted molar refractivity (Wildman–Crippen MR) is 66.3 cm³/mol. The Labute approximate surface area is 105 Å². The first-order valence-electron chi connectivity index (χ1n) is 5.83. The van der Waals surface area contributed by atoms with Gasteiger partial charge in [-0.15, -0.1) is 0 Å². The maximum absolute atomic E-state index is 11.7. The van der Waals surface area contributed by atoms with Gasteiger partial charge < -0.3 is 5.32 Å². The summed E-state index contributed by atoms with van der Waals surface area (Å²) < 4.78 is 0. The number of fused-ring (bicyclic) bond motifs is 1. The van der Waals surface area contributed by atoms with Crippen LogP contribution in [-0.4, -0.2) is 17.7 Å². The zero-order valence-electron chi connectivity index (χ0n) is 10.2. The van der Waals surface area contributed by atoms with Gasteiger partial charge in [0.1, 0.15) is 0 Å². The normalized spacial score (nSPS) is 15.0. The van der Waals surface area contributed by atoms with Gasteiger partial charge in [0.25, 0.3) is 11.8 Å². The van der Waals surface area contributed by atoms with Crippen LogP contribution >= 0.6 is 0 Å². The van der Waals surface area contributed by atoms with Gasteiger partial charge in [0, 0.05) is 11.6 Å². The molecule has 0 unspecified atom stereocenters. The van der Waals surface area contributed by atoms with E-state index in [4.69, 9.17) is 0 Å².